The average Bonchev–Trinajstić information content (AvgIpc) is 2.55. The molecule has 19 heavy (non-hydrogen) atoms. The summed E-state index contributed by atoms with van der Waals surface area (Å²) in [6.45, 7) is 2.30. The first-order chi connectivity index (χ1) is 9.21. The molecule has 104 valence electrons. The standard InChI is InChI=1S/C17H25NO/c1-3-17-9-5-4-6-13(16(17)18)10-12-7-8-14(19-2)11-15(12)17/h7-8,11,13,16H,3-6,9-10,18H2,1-2H3. The second-order valence-corrected chi connectivity index (χ2v) is 6.27. The Balaban J connectivity index is 2.16. The van der Waals surface area contributed by atoms with Crippen molar-refractivity contribution in [2.45, 2.75) is 56.9 Å². The van der Waals surface area contributed by atoms with E-state index in [9.17, 15) is 0 Å². The highest BCUT2D eigenvalue weighted by molar-refractivity contribution is 5.45. The number of rotatable bonds is 2. The molecule has 0 radical (unpaired) electrons. The van der Waals surface area contributed by atoms with E-state index in [1.807, 2.05) is 0 Å². The SMILES string of the molecule is CCC12CCCCC(Cc3ccc(OC)cc31)C2N. The lowest BCUT2D eigenvalue weighted by molar-refractivity contribution is 0.227. The molecular formula is C17H25NO. The predicted octanol–water partition coefficient (Wildman–Crippen LogP) is 3.42. The lowest BCUT2D eigenvalue weighted by Crippen LogP contribution is -2.52. The molecule has 1 fully saturated rings. The number of benzene rings is 1. The molecule has 0 aromatic heterocycles. The maximum Gasteiger partial charge on any atom is 0.119 e. The van der Waals surface area contributed by atoms with Gasteiger partial charge in [0.1, 0.15) is 5.75 Å². The molecule has 2 aliphatic rings. The quantitative estimate of drug-likeness (QED) is 0.883. The van der Waals surface area contributed by atoms with Crippen molar-refractivity contribution in [1.82, 2.24) is 0 Å². The zero-order chi connectivity index (χ0) is 13.5. The summed E-state index contributed by atoms with van der Waals surface area (Å²) in [6, 6.07) is 6.94. The molecule has 2 heteroatoms. The summed E-state index contributed by atoms with van der Waals surface area (Å²) in [7, 11) is 1.75. The van der Waals surface area contributed by atoms with Crippen molar-refractivity contribution < 1.29 is 4.74 Å². The van der Waals surface area contributed by atoms with Crippen LogP contribution in [-0.4, -0.2) is 13.2 Å². The van der Waals surface area contributed by atoms with E-state index in [0.717, 1.165) is 18.6 Å². The Morgan fingerprint density at radius 3 is 2.95 bits per heavy atom. The van der Waals surface area contributed by atoms with Crippen molar-refractivity contribution in [1.29, 1.82) is 0 Å². The molecule has 1 aromatic rings. The number of hydrogen-bond donors (Lipinski definition) is 1. The van der Waals surface area contributed by atoms with E-state index < -0.39 is 0 Å². The normalized spacial score (nSPS) is 33.4. The first-order valence-corrected chi connectivity index (χ1v) is 7.64. The van der Waals surface area contributed by atoms with E-state index in [4.69, 9.17) is 10.5 Å². The van der Waals surface area contributed by atoms with Gasteiger partial charge in [0.25, 0.3) is 0 Å². The third kappa shape index (κ3) is 1.88. The molecule has 2 N–H and O–H groups in total. The Bertz CT molecular complexity index is 470. The number of hydrogen-bond acceptors (Lipinski definition) is 2. The van der Waals surface area contributed by atoms with Crippen molar-refractivity contribution in [3.05, 3.63) is 29.3 Å². The summed E-state index contributed by atoms with van der Waals surface area (Å²) in [4.78, 5) is 0. The second kappa shape index (κ2) is 4.82. The van der Waals surface area contributed by atoms with Crippen LogP contribution in [0.2, 0.25) is 0 Å². The maximum absolute atomic E-state index is 6.70. The van der Waals surface area contributed by atoms with Gasteiger partial charge in [0, 0.05) is 11.5 Å². The smallest absolute Gasteiger partial charge is 0.119 e. The largest absolute Gasteiger partial charge is 0.497 e. The van der Waals surface area contributed by atoms with E-state index in [1.165, 1.54) is 36.8 Å². The fourth-order valence-electron chi connectivity index (χ4n) is 4.40. The third-order valence-corrected chi connectivity index (χ3v) is 5.56. The molecule has 0 amide bonds. The van der Waals surface area contributed by atoms with Crippen LogP contribution in [0.3, 0.4) is 0 Å². The topological polar surface area (TPSA) is 35.2 Å². The monoisotopic (exact) mass is 259 g/mol. The fourth-order valence-corrected chi connectivity index (χ4v) is 4.40. The number of ether oxygens (including phenoxy) is 1. The van der Waals surface area contributed by atoms with Crippen LogP contribution in [-0.2, 0) is 11.8 Å². The molecule has 0 aliphatic heterocycles. The van der Waals surface area contributed by atoms with Crippen molar-refractivity contribution in [2.75, 3.05) is 7.11 Å². The van der Waals surface area contributed by atoms with E-state index in [1.54, 1.807) is 7.11 Å². The lowest BCUT2D eigenvalue weighted by atomic mass is 9.61. The molecule has 1 saturated carbocycles. The summed E-state index contributed by atoms with van der Waals surface area (Å²) in [5.41, 5.74) is 9.86. The van der Waals surface area contributed by atoms with Crippen molar-refractivity contribution >= 4 is 0 Å². The first kappa shape index (κ1) is 13.0. The zero-order valence-corrected chi connectivity index (χ0v) is 12.1. The third-order valence-electron chi connectivity index (χ3n) is 5.56. The molecule has 0 heterocycles. The van der Waals surface area contributed by atoms with E-state index in [-0.39, 0.29) is 5.41 Å². The van der Waals surface area contributed by atoms with Crippen molar-refractivity contribution in [3.63, 3.8) is 0 Å². The van der Waals surface area contributed by atoms with Gasteiger partial charge >= 0.3 is 0 Å². The van der Waals surface area contributed by atoms with E-state index in [0.29, 0.717) is 12.0 Å². The fraction of sp³-hybridized carbons (Fsp3) is 0.647. The molecule has 0 spiro atoms. The van der Waals surface area contributed by atoms with E-state index >= 15 is 0 Å². The van der Waals surface area contributed by atoms with Gasteiger partial charge in [0.2, 0.25) is 0 Å². The van der Waals surface area contributed by atoms with Crippen LogP contribution in [0.4, 0.5) is 0 Å². The van der Waals surface area contributed by atoms with Crippen LogP contribution in [0.15, 0.2) is 18.2 Å². The summed E-state index contributed by atoms with van der Waals surface area (Å²) >= 11 is 0. The predicted molar refractivity (Wildman–Crippen MR) is 78.6 cm³/mol. The maximum atomic E-state index is 6.70. The molecule has 3 atom stereocenters. The lowest BCUT2D eigenvalue weighted by Gasteiger charge is -2.46. The first-order valence-electron chi connectivity index (χ1n) is 7.64. The molecule has 3 rings (SSSR count). The molecule has 2 bridgehead atoms. The molecule has 3 unspecified atom stereocenters. The van der Waals surface area contributed by atoms with Gasteiger partial charge in [0.15, 0.2) is 0 Å². The van der Waals surface area contributed by atoms with Crippen LogP contribution < -0.4 is 10.5 Å². The zero-order valence-electron chi connectivity index (χ0n) is 12.1. The number of nitrogens with two attached hydrogens (primary N) is 1. The minimum absolute atomic E-state index is 0.184. The Hall–Kier alpha value is -1.02. The summed E-state index contributed by atoms with van der Waals surface area (Å²) in [5.74, 6) is 1.64. The van der Waals surface area contributed by atoms with Crippen LogP contribution in [0.25, 0.3) is 0 Å². The minimum atomic E-state index is 0.184. The van der Waals surface area contributed by atoms with Crippen molar-refractivity contribution in [2.24, 2.45) is 11.7 Å². The van der Waals surface area contributed by atoms with Crippen LogP contribution in [0.5, 0.6) is 5.75 Å². The number of methoxy groups -OCH3 is 1. The highest BCUT2D eigenvalue weighted by Crippen LogP contribution is 2.49. The Morgan fingerprint density at radius 1 is 1.37 bits per heavy atom. The van der Waals surface area contributed by atoms with E-state index in [2.05, 4.69) is 25.1 Å². The molecule has 2 aliphatic carbocycles. The Kier molecular flexibility index (Phi) is 3.30. The summed E-state index contributed by atoms with van der Waals surface area (Å²) in [5, 5.41) is 0. The van der Waals surface area contributed by atoms with Crippen molar-refractivity contribution in [3.8, 4) is 5.75 Å². The molecule has 1 aromatic carbocycles. The molecule has 2 nitrogen and oxygen atoms in total. The van der Waals surface area contributed by atoms with Gasteiger partial charge in [-0.1, -0.05) is 25.8 Å². The van der Waals surface area contributed by atoms with Gasteiger partial charge in [-0.05, 0) is 54.9 Å². The van der Waals surface area contributed by atoms with Gasteiger partial charge in [-0.3, -0.25) is 0 Å². The Morgan fingerprint density at radius 2 is 2.21 bits per heavy atom. The Labute approximate surface area is 116 Å². The summed E-state index contributed by atoms with van der Waals surface area (Å²) < 4.78 is 5.43. The highest BCUT2D eigenvalue weighted by atomic mass is 16.5. The van der Waals surface area contributed by atoms with Gasteiger partial charge in [-0.25, -0.2) is 0 Å². The molecular weight excluding hydrogens is 234 g/mol. The minimum Gasteiger partial charge on any atom is -0.497 e. The van der Waals surface area contributed by atoms with Crippen LogP contribution in [0, 0.1) is 5.92 Å². The highest BCUT2D eigenvalue weighted by Gasteiger charge is 2.46. The average molecular weight is 259 g/mol. The van der Waals surface area contributed by atoms with Gasteiger partial charge < -0.3 is 10.5 Å². The van der Waals surface area contributed by atoms with Gasteiger partial charge in [-0.15, -0.1) is 0 Å². The van der Waals surface area contributed by atoms with Crippen LogP contribution in [0.1, 0.15) is 50.2 Å². The van der Waals surface area contributed by atoms with Gasteiger partial charge in [0.05, 0.1) is 7.11 Å². The second-order valence-electron chi connectivity index (χ2n) is 6.27. The van der Waals surface area contributed by atoms with Crippen LogP contribution >= 0.6 is 0 Å². The number of fused-ring (bicyclic) bond motifs is 4. The van der Waals surface area contributed by atoms with Gasteiger partial charge in [-0.2, -0.15) is 0 Å². The summed E-state index contributed by atoms with van der Waals surface area (Å²) in [6.07, 6.45) is 7.49. The molecule has 0 saturated heterocycles.